The molecule has 9 heteroatoms. The summed E-state index contributed by atoms with van der Waals surface area (Å²) in [6.07, 6.45) is 0. The molecule has 126 valence electrons. The Hall–Kier alpha value is -2.52. The Morgan fingerprint density at radius 2 is 1.88 bits per heavy atom. The lowest BCUT2D eigenvalue weighted by Gasteiger charge is -1.99. The van der Waals surface area contributed by atoms with E-state index in [1.807, 2.05) is 0 Å². The number of para-hydroxylation sites is 1. The molecule has 0 bridgehead atoms. The minimum Gasteiger partial charge on any atom is -0.411 e. The predicted octanol–water partition coefficient (Wildman–Crippen LogP) is 4.38. The van der Waals surface area contributed by atoms with Gasteiger partial charge in [0, 0.05) is 16.1 Å². The maximum Gasteiger partial charge on any atom is 0.282 e. The maximum atomic E-state index is 12.1. The molecule has 0 fully saturated rings. The van der Waals surface area contributed by atoms with Crippen LogP contribution in [0.25, 0.3) is 11.5 Å². The Labute approximate surface area is 154 Å². The normalized spacial score (nSPS) is 10.6. The Morgan fingerprint density at radius 1 is 1.16 bits per heavy atom. The Morgan fingerprint density at radius 3 is 2.60 bits per heavy atom. The minimum atomic E-state index is -0.511. The highest BCUT2D eigenvalue weighted by molar-refractivity contribution is 9.10. The van der Waals surface area contributed by atoms with Gasteiger partial charge in [-0.25, -0.2) is 0 Å². The summed E-state index contributed by atoms with van der Waals surface area (Å²) in [5, 5.41) is 18.9. The van der Waals surface area contributed by atoms with Crippen molar-refractivity contribution in [3.05, 3.63) is 68.7 Å². The number of hydrogen-bond donors (Lipinski definition) is 0. The number of ketones is 1. The van der Waals surface area contributed by atoms with Crippen molar-refractivity contribution in [3.8, 4) is 11.5 Å². The van der Waals surface area contributed by atoms with Gasteiger partial charge in [-0.05, 0) is 18.2 Å². The molecule has 0 aliphatic carbocycles. The number of nitro groups is 1. The van der Waals surface area contributed by atoms with Crippen LogP contribution < -0.4 is 0 Å². The summed E-state index contributed by atoms with van der Waals surface area (Å²) in [6, 6.07) is 13.1. The van der Waals surface area contributed by atoms with E-state index in [0.717, 1.165) is 16.2 Å². The number of aromatic nitrogens is 2. The lowest BCUT2D eigenvalue weighted by molar-refractivity contribution is -0.384. The molecule has 2 aromatic carbocycles. The molecule has 0 N–H and O–H groups in total. The maximum absolute atomic E-state index is 12.1. The van der Waals surface area contributed by atoms with E-state index >= 15 is 0 Å². The van der Waals surface area contributed by atoms with Gasteiger partial charge in [-0.2, -0.15) is 0 Å². The van der Waals surface area contributed by atoms with Crippen molar-refractivity contribution in [2.75, 3.05) is 5.75 Å². The molecule has 1 aromatic heterocycles. The van der Waals surface area contributed by atoms with Crippen LogP contribution in [0.5, 0.6) is 0 Å². The van der Waals surface area contributed by atoms with Gasteiger partial charge >= 0.3 is 0 Å². The summed E-state index contributed by atoms with van der Waals surface area (Å²) < 4.78 is 6.33. The second-order valence-electron chi connectivity index (χ2n) is 4.87. The van der Waals surface area contributed by atoms with Gasteiger partial charge in [-0.1, -0.05) is 52.0 Å². The molecule has 0 radical (unpaired) electrons. The summed E-state index contributed by atoms with van der Waals surface area (Å²) in [6.45, 7) is 0. The minimum absolute atomic E-state index is 0.0471. The first-order chi connectivity index (χ1) is 12.0. The Bertz CT molecular complexity index is 927. The van der Waals surface area contributed by atoms with E-state index in [9.17, 15) is 14.9 Å². The number of carbonyl (C=O) groups excluding carboxylic acids is 1. The highest BCUT2D eigenvalue weighted by Gasteiger charge is 2.20. The fraction of sp³-hybridized carbons (Fsp3) is 0.0625. The first-order valence-electron chi connectivity index (χ1n) is 7.03. The number of benzene rings is 2. The average molecular weight is 420 g/mol. The summed E-state index contributed by atoms with van der Waals surface area (Å²) in [4.78, 5) is 22.7. The van der Waals surface area contributed by atoms with Crippen LogP contribution in [-0.4, -0.2) is 26.7 Å². The molecule has 0 saturated heterocycles. The Balaban J connectivity index is 1.71. The molecule has 0 aliphatic rings. The first-order valence-corrected chi connectivity index (χ1v) is 8.81. The second kappa shape index (κ2) is 7.58. The smallest absolute Gasteiger partial charge is 0.282 e. The van der Waals surface area contributed by atoms with Crippen LogP contribution >= 0.6 is 27.7 Å². The fourth-order valence-corrected chi connectivity index (χ4v) is 2.96. The number of Topliss-reactive ketones (excluding diaryl/α,β-unsaturated/α-hetero) is 1. The van der Waals surface area contributed by atoms with Crippen molar-refractivity contribution in [3.63, 3.8) is 0 Å². The third-order valence-electron chi connectivity index (χ3n) is 3.23. The number of thioether (sulfide) groups is 1. The van der Waals surface area contributed by atoms with Crippen molar-refractivity contribution in [2.45, 2.75) is 5.22 Å². The molecule has 7 nitrogen and oxygen atoms in total. The molecule has 3 rings (SSSR count). The van der Waals surface area contributed by atoms with E-state index in [-0.39, 0.29) is 33.9 Å². The van der Waals surface area contributed by atoms with Crippen molar-refractivity contribution in [1.29, 1.82) is 0 Å². The lowest BCUT2D eigenvalue weighted by Crippen LogP contribution is -2.01. The van der Waals surface area contributed by atoms with Crippen LogP contribution in [-0.2, 0) is 0 Å². The predicted molar refractivity (Wildman–Crippen MR) is 95.6 cm³/mol. The van der Waals surface area contributed by atoms with Crippen LogP contribution in [0.15, 0.2) is 62.6 Å². The van der Waals surface area contributed by atoms with E-state index < -0.39 is 4.92 Å². The standard InChI is InChI=1S/C16H10BrN3O4S/c17-11-7-5-10(6-8-11)14(21)9-25-16-19-18-15(24-16)12-3-1-2-4-13(12)20(22)23/h1-8H,9H2. The third kappa shape index (κ3) is 4.12. The van der Waals surface area contributed by atoms with Gasteiger partial charge in [-0.15, -0.1) is 10.2 Å². The lowest BCUT2D eigenvalue weighted by atomic mass is 10.2. The van der Waals surface area contributed by atoms with Gasteiger partial charge in [0.1, 0.15) is 5.56 Å². The zero-order valence-corrected chi connectivity index (χ0v) is 15.0. The van der Waals surface area contributed by atoms with Crippen LogP contribution in [0.3, 0.4) is 0 Å². The van der Waals surface area contributed by atoms with E-state index in [1.165, 1.54) is 12.1 Å². The van der Waals surface area contributed by atoms with Crippen molar-refractivity contribution >= 4 is 39.2 Å². The van der Waals surface area contributed by atoms with Crippen LogP contribution in [0.4, 0.5) is 5.69 Å². The monoisotopic (exact) mass is 419 g/mol. The highest BCUT2D eigenvalue weighted by Crippen LogP contribution is 2.30. The number of nitrogens with zero attached hydrogens (tertiary/aromatic N) is 3. The van der Waals surface area contributed by atoms with Crippen LogP contribution in [0, 0.1) is 10.1 Å². The molecule has 0 spiro atoms. The quantitative estimate of drug-likeness (QED) is 0.253. The van der Waals surface area contributed by atoms with Gasteiger partial charge in [0.25, 0.3) is 16.8 Å². The molecule has 0 unspecified atom stereocenters. The number of hydrogen-bond acceptors (Lipinski definition) is 7. The summed E-state index contributed by atoms with van der Waals surface area (Å²) in [5.74, 6) is 0.0917. The zero-order chi connectivity index (χ0) is 17.8. The van der Waals surface area contributed by atoms with E-state index in [0.29, 0.717) is 5.56 Å². The van der Waals surface area contributed by atoms with Crippen LogP contribution in [0.1, 0.15) is 10.4 Å². The average Bonchev–Trinajstić information content (AvgIpc) is 3.09. The topological polar surface area (TPSA) is 99.1 Å². The summed E-state index contributed by atoms with van der Waals surface area (Å²) >= 11 is 4.40. The SMILES string of the molecule is O=C(CSc1nnc(-c2ccccc2[N+](=O)[O-])o1)c1ccc(Br)cc1. The number of halogens is 1. The van der Waals surface area contributed by atoms with E-state index in [2.05, 4.69) is 26.1 Å². The molecule has 3 aromatic rings. The van der Waals surface area contributed by atoms with Gasteiger partial charge in [0.05, 0.1) is 10.7 Å². The number of rotatable bonds is 6. The van der Waals surface area contributed by atoms with Gasteiger partial charge in [-0.3, -0.25) is 14.9 Å². The molecular weight excluding hydrogens is 410 g/mol. The zero-order valence-electron chi connectivity index (χ0n) is 12.6. The van der Waals surface area contributed by atoms with Gasteiger partial charge < -0.3 is 4.42 Å². The first kappa shape index (κ1) is 17.3. The molecular formula is C16H10BrN3O4S. The van der Waals surface area contributed by atoms with Crippen molar-refractivity contribution < 1.29 is 14.1 Å². The van der Waals surface area contributed by atoms with E-state index in [1.54, 1.807) is 36.4 Å². The second-order valence-corrected chi connectivity index (χ2v) is 6.71. The Kier molecular flexibility index (Phi) is 5.25. The molecule has 0 amide bonds. The fourth-order valence-electron chi connectivity index (χ4n) is 2.04. The van der Waals surface area contributed by atoms with Gasteiger partial charge in [0.15, 0.2) is 5.78 Å². The van der Waals surface area contributed by atoms with Crippen molar-refractivity contribution in [1.82, 2.24) is 10.2 Å². The molecule has 0 saturated carbocycles. The summed E-state index contributed by atoms with van der Waals surface area (Å²) in [7, 11) is 0. The molecule has 1 heterocycles. The third-order valence-corrected chi connectivity index (χ3v) is 4.58. The van der Waals surface area contributed by atoms with Crippen LogP contribution in [0.2, 0.25) is 0 Å². The van der Waals surface area contributed by atoms with E-state index in [4.69, 9.17) is 4.42 Å². The number of carbonyl (C=O) groups is 1. The number of nitro benzene ring substituents is 1. The highest BCUT2D eigenvalue weighted by atomic mass is 79.9. The molecule has 25 heavy (non-hydrogen) atoms. The van der Waals surface area contributed by atoms with Crippen molar-refractivity contribution in [2.24, 2.45) is 0 Å². The molecule has 0 atom stereocenters. The molecule has 0 aliphatic heterocycles. The largest absolute Gasteiger partial charge is 0.411 e. The summed E-state index contributed by atoms with van der Waals surface area (Å²) in [5.41, 5.74) is 0.703. The van der Waals surface area contributed by atoms with Gasteiger partial charge in [0.2, 0.25) is 0 Å².